The van der Waals surface area contributed by atoms with Gasteiger partial charge in [0.25, 0.3) is 0 Å². The van der Waals surface area contributed by atoms with Crippen molar-refractivity contribution in [3.63, 3.8) is 0 Å². The van der Waals surface area contributed by atoms with Gasteiger partial charge in [0.2, 0.25) is 0 Å². The molecule has 0 N–H and O–H groups in total. The minimum atomic E-state index is 0.910. The van der Waals surface area contributed by atoms with Gasteiger partial charge in [-0.3, -0.25) is 0 Å². The SMILES string of the molecule is c1ccc(-c2cc(-c3ccc4cc(-c5cccc6oc7cc8cccc9c8c(c7c56)-c5ccccc5-9)ccc4c3)cc(-c3cc4ccccc4c4ccccc34)n2)cc1. The van der Waals surface area contributed by atoms with E-state index in [1.165, 1.54) is 87.2 Å². The van der Waals surface area contributed by atoms with Gasteiger partial charge in [0.15, 0.2) is 0 Å². The van der Waals surface area contributed by atoms with E-state index in [4.69, 9.17) is 9.40 Å². The zero-order valence-corrected chi connectivity index (χ0v) is 31.9. The zero-order chi connectivity index (χ0) is 38.6. The van der Waals surface area contributed by atoms with Crippen LogP contribution in [-0.4, -0.2) is 4.98 Å². The Labute approximate surface area is 340 Å². The van der Waals surface area contributed by atoms with Crippen LogP contribution in [0.4, 0.5) is 0 Å². The molecule has 0 amide bonds. The number of hydrogen-bond acceptors (Lipinski definition) is 2. The molecule has 13 rings (SSSR count). The number of furan rings is 1. The summed E-state index contributed by atoms with van der Waals surface area (Å²) in [6, 6.07) is 72.5. The first-order valence-electron chi connectivity index (χ1n) is 20.3. The summed E-state index contributed by atoms with van der Waals surface area (Å²) in [6.07, 6.45) is 0. The second-order valence-corrected chi connectivity index (χ2v) is 15.8. The first-order valence-corrected chi connectivity index (χ1v) is 20.3. The standard InChI is InChI=1S/C57H33NO/c1-2-12-34(13-3-1)50-31-41(32-51(58-50)49-30-38-14-4-5-16-42(38)44-17-6-7-18-45(44)49)37-25-24-36-29-39(27-26-35(36)28-37)43-21-11-23-52-55(43)57-53(59-52)33-40-15-10-22-47-46-19-8-9-20-48(46)56(57)54(40)47/h1-33H. The van der Waals surface area contributed by atoms with E-state index in [-0.39, 0.29) is 0 Å². The molecule has 0 radical (unpaired) electrons. The zero-order valence-electron chi connectivity index (χ0n) is 31.9. The number of benzene rings is 10. The van der Waals surface area contributed by atoms with Crippen LogP contribution in [0.5, 0.6) is 0 Å². The molecule has 272 valence electrons. The molecular weight excluding hydrogens is 715 g/mol. The topological polar surface area (TPSA) is 26.0 Å². The third-order valence-electron chi connectivity index (χ3n) is 12.5. The fourth-order valence-electron chi connectivity index (χ4n) is 9.87. The van der Waals surface area contributed by atoms with Gasteiger partial charge in [-0.05, 0) is 124 Å². The predicted molar refractivity (Wildman–Crippen MR) is 248 cm³/mol. The molecule has 0 aliphatic heterocycles. The predicted octanol–water partition coefficient (Wildman–Crippen LogP) is 15.9. The molecule has 2 nitrogen and oxygen atoms in total. The lowest BCUT2D eigenvalue weighted by molar-refractivity contribution is 0.669. The van der Waals surface area contributed by atoms with Crippen molar-refractivity contribution in [1.29, 1.82) is 0 Å². The highest BCUT2D eigenvalue weighted by atomic mass is 16.3. The van der Waals surface area contributed by atoms with E-state index in [2.05, 4.69) is 200 Å². The van der Waals surface area contributed by atoms with E-state index >= 15 is 0 Å². The molecule has 0 unspecified atom stereocenters. The van der Waals surface area contributed by atoms with E-state index in [1.54, 1.807) is 0 Å². The molecule has 10 aromatic carbocycles. The minimum absolute atomic E-state index is 0.910. The molecule has 0 atom stereocenters. The van der Waals surface area contributed by atoms with Gasteiger partial charge >= 0.3 is 0 Å². The van der Waals surface area contributed by atoms with Crippen LogP contribution < -0.4 is 0 Å². The van der Waals surface area contributed by atoms with Crippen molar-refractivity contribution in [3.8, 4) is 67.0 Å². The molecule has 1 aliphatic rings. The molecule has 12 aromatic rings. The monoisotopic (exact) mass is 747 g/mol. The summed E-state index contributed by atoms with van der Waals surface area (Å²) in [7, 11) is 0. The maximum Gasteiger partial charge on any atom is 0.136 e. The van der Waals surface area contributed by atoms with Crippen LogP contribution in [0.1, 0.15) is 0 Å². The van der Waals surface area contributed by atoms with Crippen molar-refractivity contribution < 1.29 is 4.42 Å². The van der Waals surface area contributed by atoms with E-state index in [1.807, 2.05) is 0 Å². The third kappa shape index (κ3) is 4.84. The van der Waals surface area contributed by atoms with Crippen LogP contribution in [0, 0.1) is 0 Å². The lowest BCUT2D eigenvalue weighted by Crippen LogP contribution is -1.93. The number of hydrogen-bond donors (Lipinski definition) is 0. The van der Waals surface area contributed by atoms with Crippen LogP contribution in [0.25, 0.3) is 132 Å². The molecule has 0 bridgehead atoms. The summed E-state index contributed by atoms with van der Waals surface area (Å²) >= 11 is 0. The molecule has 2 heteroatoms. The highest BCUT2D eigenvalue weighted by Gasteiger charge is 2.27. The lowest BCUT2D eigenvalue weighted by atomic mass is 9.92. The lowest BCUT2D eigenvalue weighted by Gasteiger charge is -2.14. The van der Waals surface area contributed by atoms with Gasteiger partial charge in [-0.25, -0.2) is 4.98 Å². The van der Waals surface area contributed by atoms with Gasteiger partial charge in [0, 0.05) is 27.5 Å². The van der Waals surface area contributed by atoms with E-state index in [0.717, 1.165) is 44.8 Å². The van der Waals surface area contributed by atoms with Gasteiger partial charge in [-0.2, -0.15) is 0 Å². The van der Waals surface area contributed by atoms with Crippen molar-refractivity contribution in [2.75, 3.05) is 0 Å². The molecule has 2 aromatic heterocycles. The van der Waals surface area contributed by atoms with Crippen molar-refractivity contribution in [3.05, 3.63) is 200 Å². The molecular formula is C57H33NO. The van der Waals surface area contributed by atoms with Crippen molar-refractivity contribution >= 4 is 65.0 Å². The van der Waals surface area contributed by atoms with Crippen molar-refractivity contribution in [1.82, 2.24) is 4.98 Å². The fourth-order valence-corrected chi connectivity index (χ4v) is 9.87. The average molecular weight is 748 g/mol. The van der Waals surface area contributed by atoms with Gasteiger partial charge < -0.3 is 4.42 Å². The molecule has 0 fully saturated rings. The smallest absolute Gasteiger partial charge is 0.136 e. The van der Waals surface area contributed by atoms with Gasteiger partial charge in [0.1, 0.15) is 11.2 Å². The van der Waals surface area contributed by atoms with E-state index < -0.39 is 0 Å². The van der Waals surface area contributed by atoms with E-state index in [9.17, 15) is 0 Å². The molecule has 59 heavy (non-hydrogen) atoms. The van der Waals surface area contributed by atoms with Crippen LogP contribution in [-0.2, 0) is 0 Å². The quantitative estimate of drug-likeness (QED) is 0.168. The highest BCUT2D eigenvalue weighted by molar-refractivity contribution is 6.30. The minimum Gasteiger partial charge on any atom is -0.456 e. The number of rotatable bonds is 4. The summed E-state index contributed by atoms with van der Waals surface area (Å²) in [6.45, 7) is 0. The maximum absolute atomic E-state index is 6.68. The Balaban J connectivity index is 0.973. The molecule has 0 saturated carbocycles. The molecule has 0 saturated heterocycles. The van der Waals surface area contributed by atoms with Crippen LogP contribution in [0.3, 0.4) is 0 Å². The Morgan fingerprint density at radius 1 is 0.288 bits per heavy atom. The largest absolute Gasteiger partial charge is 0.456 e. The second kappa shape index (κ2) is 12.3. The molecule has 0 spiro atoms. The van der Waals surface area contributed by atoms with Crippen LogP contribution in [0.15, 0.2) is 205 Å². The maximum atomic E-state index is 6.68. The van der Waals surface area contributed by atoms with Crippen molar-refractivity contribution in [2.24, 2.45) is 0 Å². The Morgan fingerprint density at radius 3 is 1.83 bits per heavy atom. The fraction of sp³-hybridized carbons (Fsp3) is 0. The highest BCUT2D eigenvalue weighted by Crippen LogP contribution is 2.53. The second-order valence-electron chi connectivity index (χ2n) is 15.8. The summed E-state index contributed by atoms with van der Waals surface area (Å²) in [4.78, 5) is 5.34. The number of pyridine rings is 1. The first-order chi connectivity index (χ1) is 29.2. The van der Waals surface area contributed by atoms with E-state index in [0.29, 0.717) is 0 Å². The molecule has 2 heterocycles. The normalized spacial score (nSPS) is 12.1. The summed E-state index contributed by atoms with van der Waals surface area (Å²) in [5, 5.41) is 12.2. The summed E-state index contributed by atoms with van der Waals surface area (Å²) in [5.74, 6) is 0. The summed E-state index contributed by atoms with van der Waals surface area (Å²) < 4.78 is 6.68. The number of nitrogens with zero attached hydrogens (tertiary/aromatic N) is 1. The van der Waals surface area contributed by atoms with Crippen LogP contribution >= 0.6 is 0 Å². The Kier molecular flexibility index (Phi) is 6.76. The number of fused-ring (bicyclic) bond motifs is 11. The third-order valence-corrected chi connectivity index (χ3v) is 12.5. The first kappa shape index (κ1) is 32.3. The van der Waals surface area contributed by atoms with Gasteiger partial charge in [0.05, 0.1) is 11.4 Å². The van der Waals surface area contributed by atoms with Gasteiger partial charge in [-0.15, -0.1) is 0 Å². The number of aromatic nitrogens is 1. The average Bonchev–Trinajstić information content (AvgIpc) is 3.85. The van der Waals surface area contributed by atoms with Crippen LogP contribution in [0.2, 0.25) is 0 Å². The Morgan fingerprint density at radius 2 is 0.949 bits per heavy atom. The summed E-state index contributed by atoms with van der Waals surface area (Å²) in [5.41, 5.74) is 15.8. The Hall–Kier alpha value is -7.81. The van der Waals surface area contributed by atoms with Crippen molar-refractivity contribution in [2.45, 2.75) is 0 Å². The van der Waals surface area contributed by atoms with Gasteiger partial charge in [-0.1, -0.05) is 158 Å². The molecule has 1 aliphatic carbocycles. The Bertz CT molecular complexity index is 3720.